The molecule has 4 heteroatoms. The van der Waals surface area contributed by atoms with Gasteiger partial charge in [0.05, 0.1) is 12.5 Å². The molecular weight excluding hydrogens is 316 g/mol. The summed E-state index contributed by atoms with van der Waals surface area (Å²) < 4.78 is 6.71. The summed E-state index contributed by atoms with van der Waals surface area (Å²) in [5.41, 5.74) is 7.89. The second-order valence-electron chi connectivity index (χ2n) is 4.55. The minimum absolute atomic E-state index is 0.0244. The number of nitrogens with zero attached hydrogens (tertiary/aromatic N) is 1. The van der Waals surface area contributed by atoms with Crippen molar-refractivity contribution in [2.24, 2.45) is 5.73 Å². The summed E-state index contributed by atoms with van der Waals surface area (Å²) in [6.45, 7) is 1.94. The van der Waals surface area contributed by atoms with E-state index < -0.39 is 0 Å². The monoisotopic (exact) mass is 330 g/mol. The van der Waals surface area contributed by atoms with Crippen LogP contribution in [-0.2, 0) is 6.42 Å². The first-order chi connectivity index (χ1) is 9.60. The molecule has 0 saturated heterocycles. The summed E-state index contributed by atoms with van der Waals surface area (Å²) in [7, 11) is 0. The molecule has 0 saturated carbocycles. The highest BCUT2D eigenvalue weighted by Crippen LogP contribution is 2.29. The van der Waals surface area contributed by atoms with E-state index in [1.807, 2.05) is 49.4 Å². The first-order valence-electron chi connectivity index (χ1n) is 6.29. The molecule has 0 aliphatic heterocycles. The molecular formula is C16H15BrN2O. The molecule has 1 atom stereocenters. The zero-order chi connectivity index (χ0) is 14.5. The zero-order valence-electron chi connectivity index (χ0n) is 11.1. The molecule has 0 unspecified atom stereocenters. The van der Waals surface area contributed by atoms with Crippen molar-refractivity contribution in [3.63, 3.8) is 0 Å². The van der Waals surface area contributed by atoms with Crippen LogP contribution in [0.5, 0.6) is 11.5 Å². The number of ether oxygens (including phenoxy) is 1. The minimum atomic E-state index is -0.0244. The van der Waals surface area contributed by atoms with Crippen LogP contribution in [0.25, 0.3) is 0 Å². The average Bonchev–Trinajstić information content (AvgIpc) is 2.41. The third-order valence-corrected chi connectivity index (χ3v) is 3.59. The molecule has 0 heterocycles. The molecule has 3 nitrogen and oxygen atoms in total. The fourth-order valence-corrected chi connectivity index (χ4v) is 2.56. The van der Waals surface area contributed by atoms with Crippen molar-refractivity contribution in [3.8, 4) is 17.6 Å². The Balaban J connectivity index is 2.14. The number of benzene rings is 2. The van der Waals surface area contributed by atoms with Gasteiger partial charge in [0.15, 0.2) is 0 Å². The number of halogens is 1. The Bertz CT molecular complexity index is 630. The Labute approximate surface area is 127 Å². The second kappa shape index (κ2) is 6.56. The van der Waals surface area contributed by atoms with Crippen molar-refractivity contribution < 1.29 is 4.74 Å². The van der Waals surface area contributed by atoms with Crippen LogP contribution >= 0.6 is 15.9 Å². The van der Waals surface area contributed by atoms with Crippen molar-refractivity contribution in [2.75, 3.05) is 0 Å². The highest BCUT2D eigenvalue weighted by molar-refractivity contribution is 9.10. The molecule has 102 valence electrons. The van der Waals surface area contributed by atoms with Gasteiger partial charge in [-0.3, -0.25) is 0 Å². The highest BCUT2D eigenvalue weighted by atomic mass is 79.9. The fourth-order valence-electron chi connectivity index (χ4n) is 1.84. The lowest BCUT2D eigenvalue weighted by atomic mass is 10.1. The smallest absolute Gasteiger partial charge is 0.128 e. The number of nitriles is 1. The van der Waals surface area contributed by atoms with Gasteiger partial charge < -0.3 is 10.5 Å². The van der Waals surface area contributed by atoms with Crippen LogP contribution in [0.1, 0.15) is 24.1 Å². The van der Waals surface area contributed by atoms with Crippen molar-refractivity contribution in [3.05, 3.63) is 58.1 Å². The maximum absolute atomic E-state index is 8.63. The fraction of sp³-hybridized carbons (Fsp3) is 0.188. The van der Waals surface area contributed by atoms with Gasteiger partial charge in [-0.2, -0.15) is 5.26 Å². The van der Waals surface area contributed by atoms with E-state index >= 15 is 0 Å². The number of hydrogen-bond acceptors (Lipinski definition) is 3. The summed E-state index contributed by atoms with van der Waals surface area (Å²) in [6.07, 6.45) is 0.412. The van der Waals surface area contributed by atoms with E-state index in [0.717, 1.165) is 27.1 Å². The maximum Gasteiger partial charge on any atom is 0.128 e. The van der Waals surface area contributed by atoms with Gasteiger partial charge in [-0.1, -0.05) is 34.1 Å². The molecule has 0 bridgehead atoms. The normalized spacial score (nSPS) is 11.7. The Kier molecular flexibility index (Phi) is 4.78. The highest BCUT2D eigenvalue weighted by Gasteiger charge is 2.06. The predicted octanol–water partition coefficient (Wildman–Crippen LogP) is 4.33. The summed E-state index contributed by atoms with van der Waals surface area (Å²) in [6, 6.07) is 15.4. The molecule has 0 spiro atoms. The van der Waals surface area contributed by atoms with E-state index in [0.29, 0.717) is 6.42 Å². The van der Waals surface area contributed by atoms with Crippen LogP contribution in [-0.4, -0.2) is 0 Å². The van der Waals surface area contributed by atoms with Gasteiger partial charge >= 0.3 is 0 Å². The zero-order valence-corrected chi connectivity index (χ0v) is 12.7. The van der Waals surface area contributed by atoms with Crippen LogP contribution in [0.3, 0.4) is 0 Å². The Hall–Kier alpha value is -1.83. The Morgan fingerprint density at radius 2 is 1.85 bits per heavy atom. The molecule has 2 N–H and O–H groups in total. The van der Waals surface area contributed by atoms with E-state index in [2.05, 4.69) is 22.0 Å². The van der Waals surface area contributed by atoms with Gasteiger partial charge in [-0.15, -0.1) is 0 Å². The lowest BCUT2D eigenvalue weighted by Crippen LogP contribution is -2.05. The number of hydrogen-bond donors (Lipinski definition) is 1. The van der Waals surface area contributed by atoms with Crippen LogP contribution in [0.15, 0.2) is 46.9 Å². The summed E-state index contributed by atoms with van der Waals surface area (Å²) >= 11 is 3.50. The van der Waals surface area contributed by atoms with Crippen molar-refractivity contribution in [1.29, 1.82) is 5.26 Å². The first-order valence-corrected chi connectivity index (χ1v) is 7.08. The maximum atomic E-state index is 8.63. The van der Waals surface area contributed by atoms with E-state index in [1.54, 1.807) is 0 Å². The summed E-state index contributed by atoms with van der Waals surface area (Å²) in [5.74, 6) is 1.49. The topological polar surface area (TPSA) is 59.0 Å². The second-order valence-corrected chi connectivity index (χ2v) is 5.41. The third-order valence-electron chi connectivity index (χ3n) is 2.90. The van der Waals surface area contributed by atoms with Crippen molar-refractivity contribution in [2.45, 2.75) is 19.4 Å². The summed E-state index contributed by atoms with van der Waals surface area (Å²) in [5, 5.41) is 8.63. The van der Waals surface area contributed by atoms with E-state index in [9.17, 15) is 0 Å². The van der Waals surface area contributed by atoms with Gasteiger partial charge in [-0.25, -0.2) is 0 Å². The summed E-state index contributed by atoms with van der Waals surface area (Å²) in [4.78, 5) is 0. The SMILES string of the molecule is C[C@H](N)c1ccc(Oc2ccc(CC#N)cc2)cc1Br. The van der Waals surface area contributed by atoms with Gasteiger partial charge in [0.1, 0.15) is 11.5 Å². The van der Waals surface area contributed by atoms with Crippen molar-refractivity contribution in [1.82, 2.24) is 0 Å². The average molecular weight is 331 g/mol. The largest absolute Gasteiger partial charge is 0.457 e. The molecule has 2 rings (SSSR count). The lowest BCUT2D eigenvalue weighted by molar-refractivity contribution is 0.481. The van der Waals surface area contributed by atoms with Gasteiger partial charge in [-0.05, 0) is 42.3 Å². The van der Waals surface area contributed by atoms with Gasteiger partial charge in [0.25, 0.3) is 0 Å². The molecule has 20 heavy (non-hydrogen) atoms. The van der Waals surface area contributed by atoms with E-state index in [1.165, 1.54) is 0 Å². The van der Waals surface area contributed by atoms with E-state index in [-0.39, 0.29) is 6.04 Å². The number of rotatable bonds is 4. The van der Waals surface area contributed by atoms with Crippen LogP contribution in [0.4, 0.5) is 0 Å². The van der Waals surface area contributed by atoms with E-state index in [4.69, 9.17) is 15.7 Å². The molecule has 0 aliphatic carbocycles. The van der Waals surface area contributed by atoms with Crippen LogP contribution in [0, 0.1) is 11.3 Å². The molecule has 0 radical (unpaired) electrons. The Morgan fingerprint density at radius 3 is 2.40 bits per heavy atom. The Morgan fingerprint density at radius 1 is 1.20 bits per heavy atom. The molecule has 0 fully saturated rings. The van der Waals surface area contributed by atoms with Gasteiger partial charge in [0.2, 0.25) is 0 Å². The molecule has 0 aromatic heterocycles. The standard InChI is InChI=1S/C16H15BrN2O/c1-11(19)15-7-6-14(10-16(15)17)20-13-4-2-12(3-5-13)8-9-18/h2-7,10-11H,8,19H2,1H3/t11-/m0/s1. The molecule has 2 aromatic rings. The van der Waals surface area contributed by atoms with Crippen molar-refractivity contribution >= 4 is 15.9 Å². The molecule has 0 aliphatic rings. The van der Waals surface area contributed by atoms with Crippen LogP contribution in [0.2, 0.25) is 0 Å². The quantitative estimate of drug-likeness (QED) is 0.907. The van der Waals surface area contributed by atoms with Crippen LogP contribution < -0.4 is 10.5 Å². The first kappa shape index (κ1) is 14.6. The molecule has 0 amide bonds. The minimum Gasteiger partial charge on any atom is -0.457 e. The third kappa shape index (κ3) is 3.60. The number of nitrogens with two attached hydrogens (primary N) is 1. The lowest BCUT2D eigenvalue weighted by Gasteiger charge is -2.11. The van der Waals surface area contributed by atoms with Gasteiger partial charge in [0, 0.05) is 10.5 Å². The molecule has 2 aromatic carbocycles. The predicted molar refractivity (Wildman–Crippen MR) is 82.6 cm³/mol.